The summed E-state index contributed by atoms with van der Waals surface area (Å²) in [6.45, 7) is 1.35. The maximum atomic E-state index is 14.2. The fraction of sp³-hybridized carbons (Fsp3) is 0.235. The molecule has 0 saturated carbocycles. The molecule has 0 heterocycles. The van der Waals surface area contributed by atoms with Crippen molar-refractivity contribution in [2.45, 2.75) is 19.4 Å². The minimum Gasteiger partial charge on any atom is -0.396 e. The number of aliphatic hydroxyl groups is 1. The molecule has 2 aromatic rings. The van der Waals surface area contributed by atoms with Crippen LogP contribution in [-0.2, 0) is 4.84 Å². The number of anilines is 2. The Labute approximate surface area is 165 Å². The number of aliphatic hydroxyl groups excluding tert-OH is 1. The summed E-state index contributed by atoms with van der Waals surface area (Å²) >= 11 is 1.86. The van der Waals surface area contributed by atoms with Crippen LogP contribution >= 0.6 is 22.6 Å². The zero-order chi connectivity index (χ0) is 20.1. The second-order valence-corrected chi connectivity index (χ2v) is 6.78. The molecule has 0 aromatic heterocycles. The predicted octanol–water partition coefficient (Wildman–Crippen LogP) is 4.02. The van der Waals surface area contributed by atoms with Gasteiger partial charge in [-0.3, -0.25) is 9.63 Å². The number of nitrogens with one attached hydrogen (secondary N) is 2. The van der Waals surface area contributed by atoms with E-state index >= 15 is 0 Å². The first-order valence-electron chi connectivity index (χ1n) is 7.71. The molecule has 1 atom stereocenters. The Morgan fingerprint density at radius 2 is 1.89 bits per heavy atom. The zero-order valence-corrected chi connectivity index (χ0v) is 16.1. The maximum Gasteiger partial charge on any atom is 0.277 e. The number of carbonyl (C=O) groups excluding carboxylic acids is 1. The smallest absolute Gasteiger partial charge is 0.277 e. The minimum atomic E-state index is -1.81. The van der Waals surface area contributed by atoms with E-state index in [0.717, 1.165) is 6.07 Å². The van der Waals surface area contributed by atoms with Gasteiger partial charge in [0.05, 0.1) is 23.0 Å². The summed E-state index contributed by atoms with van der Waals surface area (Å²) in [6.07, 6.45) is -0.384. The summed E-state index contributed by atoms with van der Waals surface area (Å²) in [4.78, 5) is 17.2. The molecule has 27 heavy (non-hydrogen) atoms. The Hall–Kier alpha value is -1.92. The van der Waals surface area contributed by atoms with Gasteiger partial charge in [-0.05, 0) is 60.2 Å². The molecule has 2 aromatic carbocycles. The van der Waals surface area contributed by atoms with Gasteiger partial charge in [-0.25, -0.2) is 23.0 Å². The van der Waals surface area contributed by atoms with Crippen molar-refractivity contribution in [2.75, 3.05) is 11.9 Å². The molecule has 0 saturated heterocycles. The van der Waals surface area contributed by atoms with Crippen LogP contribution in [0.5, 0.6) is 0 Å². The Bertz CT molecular complexity index is 851. The summed E-state index contributed by atoms with van der Waals surface area (Å²) in [5, 5.41) is 11.1. The third kappa shape index (κ3) is 5.30. The van der Waals surface area contributed by atoms with Gasteiger partial charge in [0.25, 0.3) is 5.91 Å². The molecule has 0 aliphatic heterocycles. The van der Waals surface area contributed by atoms with Crippen LogP contribution in [0.4, 0.5) is 28.9 Å². The fourth-order valence-electron chi connectivity index (χ4n) is 2.07. The molecule has 1 amide bonds. The summed E-state index contributed by atoms with van der Waals surface area (Å²) in [6, 6.07) is 4.38. The van der Waals surface area contributed by atoms with Crippen LogP contribution in [-0.4, -0.2) is 23.7 Å². The fourth-order valence-corrected chi connectivity index (χ4v) is 2.52. The predicted molar refractivity (Wildman–Crippen MR) is 98.4 cm³/mol. The van der Waals surface area contributed by atoms with E-state index in [2.05, 4.69) is 5.32 Å². The minimum absolute atomic E-state index is 0.199. The van der Waals surface area contributed by atoms with Crippen molar-refractivity contribution < 1.29 is 32.3 Å². The molecule has 2 rings (SSSR count). The maximum absolute atomic E-state index is 14.2. The van der Waals surface area contributed by atoms with E-state index in [-0.39, 0.29) is 18.7 Å². The molecule has 0 fully saturated rings. The molecular formula is C17H15F4IN2O3. The van der Waals surface area contributed by atoms with Crippen LogP contribution in [0.15, 0.2) is 24.3 Å². The number of halogens is 5. The second kappa shape index (κ2) is 9.33. The van der Waals surface area contributed by atoms with Crippen molar-refractivity contribution in [3.8, 4) is 0 Å². The molecular weight excluding hydrogens is 483 g/mol. The molecule has 0 aliphatic carbocycles. The van der Waals surface area contributed by atoms with E-state index in [9.17, 15) is 22.4 Å². The van der Waals surface area contributed by atoms with Gasteiger partial charge in [-0.15, -0.1) is 0 Å². The first-order valence-corrected chi connectivity index (χ1v) is 8.78. The lowest BCUT2D eigenvalue weighted by molar-refractivity contribution is -0.0168. The number of hydroxylamine groups is 1. The van der Waals surface area contributed by atoms with Crippen molar-refractivity contribution in [3.05, 3.63) is 56.7 Å². The molecule has 0 spiro atoms. The normalized spacial score (nSPS) is 12.0. The Balaban J connectivity index is 2.37. The Morgan fingerprint density at radius 3 is 2.52 bits per heavy atom. The van der Waals surface area contributed by atoms with E-state index in [1.54, 1.807) is 6.92 Å². The lowest BCUT2D eigenvalue weighted by Gasteiger charge is -2.16. The van der Waals surface area contributed by atoms with Gasteiger partial charge < -0.3 is 10.4 Å². The van der Waals surface area contributed by atoms with E-state index < -0.39 is 46.5 Å². The summed E-state index contributed by atoms with van der Waals surface area (Å²) in [5.74, 6) is -6.93. The molecule has 146 valence electrons. The van der Waals surface area contributed by atoms with Crippen LogP contribution < -0.4 is 10.8 Å². The standard InChI is InChI=1S/C17H15F4IN2O3/c1-8(4-5-25)27-24-17(26)10-7-12(19)14(20)15(21)16(10)23-13-3-2-9(22)6-11(13)18/h2-3,6-8,23,25H,4-5H2,1H3,(H,24,26). The monoisotopic (exact) mass is 498 g/mol. The van der Waals surface area contributed by atoms with E-state index in [1.807, 2.05) is 28.1 Å². The Kier molecular flexibility index (Phi) is 7.39. The van der Waals surface area contributed by atoms with Gasteiger partial charge in [0.2, 0.25) is 0 Å². The van der Waals surface area contributed by atoms with Gasteiger partial charge in [0.1, 0.15) is 5.82 Å². The summed E-state index contributed by atoms with van der Waals surface area (Å²) in [7, 11) is 0. The first-order chi connectivity index (χ1) is 12.7. The van der Waals surface area contributed by atoms with Crippen LogP contribution in [0.3, 0.4) is 0 Å². The third-order valence-corrected chi connectivity index (χ3v) is 4.16. The van der Waals surface area contributed by atoms with E-state index in [0.29, 0.717) is 9.64 Å². The van der Waals surface area contributed by atoms with Crippen LogP contribution in [0, 0.1) is 26.8 Å². The highest BCUT2D eigenvalue weighted by molar-refractivity contribution is 14.1. The summed E-state index contributed by atoms with van der Waals surface area (Å²) < 4.78 is 56.1. The zero-order valence-electron chi connectivity index (χ0n) is 14.0. The number of hydrogen-bond donors (Lipinski definition) is 3. The van der Waals surface area contributed by atoms with Crippen LogP contribution in [0.2, 0.25) is 0 Å². The summed E-state index contributed by atoms with van der Waals surface area (Å²) in [5.41, 5.74) is 0.364. The van der Waals surface area contributed by atoms with Crippen molar-refractivity contribution in [1.29, 1.82) is 0 Å². The number of rotatable bonds is 7. The molecule has 3 N–H and O–H groups in total. The quantitative estimate of drug-likeness (QED) is 0.234. The SMILES string of the molecule is CC(CCO)ONC(=O)c1cc(F)c(F)c(F)c1Nc1ccc(I)cc1F. The van der Waals surface area contributed by atoms with Gasteiger partial charge >= 0.3 is 0 Å². The van der Waals surface area contributed by atoms with Gasteiger partial charge in [0, 0.05) is 10.2 Å². The van der Waals surface area contributed by atoms with Crippen molar-refractivity contribution in [1.82, 2.24) is 5.48 Å². The lowest BCUT2D eigenvalue weighted by Crippen LogP contribution is -2.29. The average Bonchev–Trinajstić information content (AvgIpc) is 2.62. The molecule has 0 bridgehead atoms. The first kappa shape index (κ1) is 21.4. The molecule has 10 heteroatoms. The highest BCUT2D eigenvalue weighted by Gasteiger charge is 2.24. The highest BCUT2D eigenvalue weighted by Crippen LogP contribution is 2.30. The van der Waals surface area contributed by atoms with Gasteiger partial charge in [0.15, 0.2) is 17.5 Å². The van der Waals surface area contributed by atoms with Crippen molar-refractivity contribution in [3.63, 3.8) is 0 Å². The largest absolute Gasteiger partial charge is 0.396 e. The highest BCUT2D eigenvalue weighted by atomic mass is 127. The van der Waals surface area contributed by atoms with Crippen molar-refractivity contribution in [2.24, 2.45) is 0 Å². The Morgan fingerprint density at radius 1 is 1.19 bits per heavy atom. The number of amides is 1. The number of hydrogen-bond acceptors (Lipinski definition) is 4. The molecule has 0 radical (unpaired) electrons. The van der Waals surface area contributed by atoms with Crippen molar-refractivity contribution >= 4 is 39.9 Å². The van der Waals surface area contributed by atoms with Gasteiger partial charge in [-0.1, -0.05) is 0 Å². The molecule has 5 nitrogen and oxygen atoms in total. The molecule has 0 aliphatic rings. The van der Waals surface area contributed by atoms with Crippen LogP contribution in [0.25, 0.3) is 0 Å². The average molecular weight is 498 g/mol. The van der Waals surface area contributed by atoms with Crippen LogP contribution in [0.1, 0.15) is 23.7 Å². The van der Waals surface area contributed by atoms with E-state index in [4.69, 9.17) is 9.94 Å². The topological polar surface area (TPSA) is 70.6 Å². The third-order valence-electron chi connectivity index (χ3n) is 3.49. The lowest BCUT2D eigenvalue weighted by atomic mass is 10.1. The molecule has 1 unspecified atom stereocenters. The number of benzene rings is 2. The second-order valence-electron chi connectivity index (χ2n) is 5.53. The number of carbonyl (C=O) groups is 1. The van der Waals surface area contributed by atoms with E-state index in [1.165, 1.54) is 12.1 Å². The van der Waals surface area contributed by atoms with Gasteiger partial charge in [-0.2, -0.15) is 0 Å².